The maximum Gasteiger partial charge on any atom is 0.222 e. The number of nitrogens with zero attached hydrogens (tertiary/aromatic N) is 1. The third-order valence-electron chi connectivity index (χ3n) is 3.94. The van der Waals surface area contributed by atoms with Gasteiger partial charge in [0.15, 0.2) is 0 Å². The number of hydrogen-bond donors (Lipinski definition) is 1. The Morgan fingerprint density at radius 2 is 1.93 bits per heavy atom. The van der Waals surface area contributed by atoms with Gasteiger partial charge in [0, 0.05) is 20.0 Å². The topological polar surface area (TPSA) is 32.3 Å². The van der Waals surface area contributed by atoms with Gasteiger partial charge < -0.3 is 10.2 Å². The molecule has 0 aliphatic carbocycles. The number of rotatable bonds is 0. The van der Waals surface area contributed by atoms with Gasteiger partial charge in [-0.25, -0.2) is 0 Å². The first-order chi connectivity index (χ1) is 6.72. The third-order valence-corrected chi connectivity index (χ3v) is 3.94. The second-order valence-corrected chi connectivity index (χ2v) is 4.82. The molecule has 1 spiro atoms. The highest BCUT2D eigenvalue weighted by atomic mass is 16.2. The second kappa shape index (κ2) is 3.89. The van der Waals surface area contributed by atoms with Gasteiger partial charge in [-0.05, 0) is 44.2 Å². The zero-order valence-corrected chi connectivity index (χ0v) is 9.01. The van der Waals surface area contributed by atoms with Crippen LogP contribution in [0.3, 0.4) is 0 Å². The van der Waals surface area contributed by atoms with Crippen LogP contribution in [0.15, 0.2) is 0 Å². The number of carbonyl (C=O) groups excluding carboxylic acids is 1. The van der Waals surface area contributed by atoms with Crippen molar-refractivity contribution in [1.29, 1.82) is 0 Å². The van der Waals surface area contributed by atoms with Crippen LogP contribution in [0.1, 0.15) is 32.1 Å². The van der Waals surface area contributed by atoms with E-state index in [0.29, 0.717) is 11.3 Å². The van der Waals surface area contributed by atoms with Gasteiger partial charge in [-0.3, -0.25) is 4.79 Å². The Kier molecular flexibility index (Phi) is 2.77. The van der Waals surface area contributed by atoms with Gasteiger partial charge >= 0.3 is 0 Å². The van der Waals surface area contributed by atoms with Crippen LogP contribution in [0.4, 0.5) is 0 Å². The lowest BCUT2D eigenvalue weighted by molar-refractivity contribution is -0.129. The molecular formula is C11H20N2O. The van der Waals surface area contributed by atoms with E-state index in [1.54, 1.807) is 0 Å². The molecule has 3 heteroatoms. The average molecular weight is 196 g/mol. The average Bonchev–Trinajstić information content (AvgIpc) is 2.35. The van der Waals surface area contributed by atoms with Gasteiger partial charge in [-0.2, -0.15) is 0 Å². The van der Waals surface area contributed by atoms with Crippen molar-refractivity contribution in [1.82, 2.24) is 10.2 Å². The highest BCUT2D eigenvalue weighted by Crippen LogP contribution is 2.39. The highest BCUT2D eigenvalue weighted by molar-refractivity contribution is 5.76. The first-order valence-corrected chi connectivity index (χ1v) is 5.67. The normalized spacial score (nSPS) is 27.8. The minimum Gasteiger partial charge on any atom is -0.346 e. The molecule has 0 bridgehead atoms. The summed E-state index contributed by atoms with van der Waals surface area (Å²) in [6, 6.07) is 0. The van der Waals surface area contributed by atoms with Crippen LogP contribution in [0.25, 0.3) is 0 Å². The van der Waals surface area contributed by atoms with Crippen molar-refractivity contribution in [2.24, 2.45) is 5.41 Å². The van der Waals surface area contributed by atoms with Gasteiger partial charge in [-0.1, -0.05) is 0 Å². The third kappa shape index (κ3) is 1.92. The Balaban J connectivity index is 2.02. The molecule has 2 aliphatic heterocycles. The predicted octanol–water partition coefficient (Wildman–Crippen LogP) is 0.998. The summed E-state index contributed by atoms with van der Waals surface area (Å²) >= 11 is 0. The Hall–Kier alpha value is -0.570. The van der Waals surface area contributed by atoms with Gasteiger partial charge in [0.25, 0.3) is 0 Å². The van der Waals surface area contributed by atoms with Crippen molar-refractivity contribution >= 4 is 5.91 Å². The molecule has 2 heterocycles. The number of nitrogens with one attached hydrogen (secondary N) is 1. The Morgan fingerprint density at radius 1 is 1.21 bits per heavy atom. The number of likely N-dealkylation sites (tertiary alicyclic amines) is 1. The largest absolute Gasteiger partial charge is 0.346 e. The summed E-state index contributed by atoms with van der Waals surface area (Å²) in [7, 11) is 1.93. The molecule has 2 saturated heterocycles. The molecule has 2 fully saturated rings. The molecule has 0 unspecified atom stereocenters. The molecule has 80 valence electrons. The Bertz CT molecular complexity index is 221. The zero-order valence-electron chi connectivity index (χ0n) is 9.01. The first-order valence-electron chi connectivity index (χ1n) is 5.67. The van der Waals surface area contributed by atoms with Crippen LogP contribution in [-0.4, -0.2) is 37.5 Å². The van der Waals surface area contributed by atoms with E-state index in [1.807, 2.05) is 11.9 Å². The summed E-state index contributed by atoms with van der Waals surface area (Å²) in [5.41, 5.74) is 0.478. The molecule has 2 rings (SSSR count). The Labute approximate surface area is 85.8 Å². The molecule has 1 N–H and O–H groups in total. The van der Waals surface area contributed by atoms with Crippen LogP contribution in [0.2, 0.25) is 0 Å². The summed E-state index contributed by atoms with van der Waals surface area (Å²) < 4.78 is 0. The molecule has 0 aromatic carbocycles. The number of amides is 1. The monoisotopic (exact) mass is 196 g/mol. The van der Waals surface area contributed by atoms with Gasteiger partial charge in [0.1, 0.15) is 0 Å². The molecule has 0 saturated carbocycles. The fourth-order valence-electron chi connectivity index (χ4n) is 2.67. The number of carbonyl (C=O) groups is 1. The predicted molar refractivity (Wildman–Crippen MR) is 56.0 cm³/mol. The van der Waals surface area contributed by atoms with Crippen LogP contribution in [0.5, 0.6) is 0 Å². The molecule has 0 atom stereocenters. The summed E-state index contributed by atoms with van der Waals surface area (Å²) in [5, 5.41) is 3.40. The summed E-state index contributed by atoms with van der Waals surface area (Å²) in [6.07, 6.45) is 5.59. The Morgan fingerprint density at radius 3 is 2.64 bits per heavy atom. The van der Waals surface area contributed by atoms with Gasteiger partial charge in [-0.15, -0.1) is 0 Å². The maximum atomic E-state index is 11.6. The van der Waals surface area contributed by atoms with E-state index < -0.39 is 0 Å². The van der Waals surface area contributed by atoms with E-state index in [9.17, 15) is 4.79 Å². The molecule has 1 amide bonds. The van der Waals surface area contributed by atoms with Crippen molar-refractivity contribution in [3.05, 3.63) is 0 Å². The standard InChI is InChI=1S/C11H20N2O/c1-13-9-6-11(3-2-10(13)14)4-7-12-8-5-11/h12H,2-9H2,1H3. The lowest BCUT2D eigenvalue weighted by atomic mass is 9.73. The van der Waals surface area contributed by atoms with Crippen LogP contribution >= 0.6 is 0 Å². The minimum absolute atomic E-state index is 0.334. The minimum atomic E-state index is 0.334. The van der Waals surface area contributed by atoms with Crippen molar-refractivity contribution in [2.45, 2.75) is 32.1 Å². The number of hydrogen-bond acceptors (Lipinski definition) is 2. The fraction of sp³-hybridized carbons (Fsp3) is 0.909. The van der Waals surface area contributed by atoms with Crippen molar-refractivity contribution in [2.75, 3.05) is 26.7 Å². The fourth-order valence-corrected chi connectivity index (χ4v) is 2.67. The molecule has 0 aromatic heterocycles. The van der Waals surface area contributed by atoms with E-state index in [0.717, 1.165) is 32.5 Å². The van der Waals surface area contributed by atoms with Crippen LogP contribution < -0.4 is 5.32 Å². The molecular weight excluding hydrogens is 176 g/mol. The van der Waals surface area contributed by atoms with E-state index in [1.165, 1.54) is 19.3 Å². The van der Waals surface area contributed by atoms with Gasteiger partial charge in [0.05, 0.1) is 0 Å². The quantitative estimate of drug-likeness (QED) is 0.627. The lowest BCUT2D eigenvalue weighted by Crippen LogP contribution is -2.37. The van der Waals surface area contributed by atoms with Crippen molar-refractivity contribution < 1.29 is 4.79 Å². The van der Waals surface area contributed by atoms with Crippen molar-refractivity contribution in [3.8, 4) is 0 Å². The number of piperidine rings is 1. The van der Waals surface area contributed by atoms with Crippen molar-refractivity contribution in [3.63, 3.8) is 0 Å². The molecule has 14 heavy (non-hydrogen) atoms. The highest BCUT2D eigenvalue weighted by Gasteiger charge is 2.34. The lowest BCUT2D eigenvalue weighted by Gasteiger charge is -2.36. The van der Waals surface area contributed by atoms with Crippen LogP contribution in [0, 0.1) is 5.41 Å². The SMILES string of the molecule is CN1CCC2(CCNCC2)CCC1=O. The maximum absolute atomic E-state index is 11.6. The molecule has 3 nitrogen and oxygen atoms in total. The van der Waals surface area contributed by atoms with E-state index in [-0.39, 0.29) is 0 Å². The van der Waals surface area contributed by atoms with E-state index >= 15 is 0 Å². The van der Waals surface area contributed by atoms with E-state index in [2.05, 4.69) is 5.32 Å². The molecule has 0 aromatic rings. The first kappa shape index (κ1) is 9.97. The van der Waals surface area contributed by atoms with Gasteiger partial charge in [0.2, 0.25) is 5.91 Å². The summed E-state index contributed by atoms with van der Waals surface area (Å²) in [4.78, 5) is 13.4. The second-order valence-electron chi connectivity index (χ2n) is 4.82. The summed E-state index contributed by atoms with van der Waals surface area (Å²) in [5.74, 6) is 0.334. The van der Waals surface area contributed by atoms with E-state index in [4.69, 9.17) is 0 Å². The molecule has 2 aliphatic rings. The summed E-state index contributed by atoms with van der Waals surface area (Å²) in [6.45, 7) is 3.23. The smallest absolute Gasteiger partial charge is 0.222 e. The molecule has 0 radical (unpaired) electrons. The van der Waals surface area contributed by atoms with Crippen LogP contribution in [-0.2, 0) is 4.79 Å². The zero-order chi connectivity index (χ0) is 10.0.